The van der Waals surface area contributed by atoms with Crippen LogP contribution in [0.2, 0.25) is 0 Å². The molecule has 4 heteroatoms. The van der Waals surface area contributed by atoms with Gasteiger partial charge in [-0.3, -0.25) is 4.90 Å². The average molecular weight is 200 g/mol. The van der Waals surface area contributed by atoms with E-state index in [0.29, 0.717) is 12.6 Å². The van der Waals surface area contributed by atoms with Crippen molar-refractivity contribution in [2.45, 2.75) is 32.2 Å². The first-order chi connectivity index (χ1) is 6.88. The summed E-state index contributed by atoms with van der Waals surface area (Å²) in [7, 11) is 0. The Morgan fingerprint density at radius 1 is 1.64 bits per heavy atom. The summed E-state index contributed by atoms with van der Waals surface area (Å²) in [5.41, 5.74) is 0. The quantitative estimate of drug-likeness (QED) is 0.511. The summed E-state index contributed by atoms with van der Waals surface area (Å²) in [5.74, 6) is 0. The molecule has 1 atom stereocenters. The maximum atomic E-state index is 8.84. The Bertz CT molecular complexity index is 174. The van der Waals surface area contributed by atoms with Gasteiger partial charge in [0.05, 0.1) is 6.61 Å². The maximum absolute atomic E-state index is 8.84. The molecule has 0 saturated carbocycles. The van der Waals surface area contributed by atoms with Crippen LogP contribution in [0.4, 0.5) is 0 Å². The molecule has 0 aromatic heterocycles. The number of rotatable bonds is 6. The molecule has 1 aliphatic heterocycles. The Kier molecular flexibility index (Phi) is 5.56. The summed E-state index contributed by atoms with van der Waals surface area (Å²) in [6.07, 6.45) is 5.03. The number of nitrogens with zero attached hydrogens (tertiary/aromatic N) is 2. The first-order valence-corrected chi connectivity index (χ1v) is 5.37. The van der Waals surface area contributed by atoms with Crippen LogP contribution in [0.3, 0.4) is 0 Å². The molecule has 1 aliphatic rings. The second-order valence-electron chi connectivity index (χ2n) is 3.55. The summed E-state index contributed by atoms with van der Waals surface area (Å²) in [4.78, 5) is 7.45. The normalized spacial score (nSPS) is 23.4. The van der Waals surface area contributed by atoms with Crippen molar-refractivity contribution in [3.05, 3.63) is 0 Å². The molecule has 14 heavy (non-hydrogen) atoms. The number of oxime groups is 1. The van der Waals surface area contributed by atoms with E-state index in [-0.39, 0.29) is 6.61 Å². The number of aliphatic hydroxyl groups excluding tert-OH is 1. The summed E-state index contributed by atoms with van der Waals surface area (Å²) >= 11 is 0. The van der Waals surface area contributed by atoms with E-state index in [4.69, 9.17) is 9.94 Å². The van der Waals surface area contributed by atoms with Crippen molar-refractivity contribution in [1.82, 2.24) is 4.90 Å². The van der Waals surface area contributed by atoms with Gasteiger partial charge < -0.3 is 9.94 Å². The zero-order chi connectivity index (χ0) is 10.2. The van der Waals surface area contributed by atoms with Gasteiger partial charge in [0.25, 0.3) is 0 Å². The van der Waals surface area contributed by atoms with Crippen molar-refractivity contribution in [3.8, 4) is 0 Å². The lowest BCUT2D eigenvalue weighted by Crippen LogP contribution is -2.34. The largest absolute Gasteiger partial charge is 0.395 e. The summed E-state index contributed by atoms with van der Waals surface area (Å²) in [6, 6.07) is 0.441. The number of hydrogen-bond donors (Lipinski definition) is 1. The molecule has 0 aliphatic carbocycles. The van der Waals surface area contributed by atoms with Crippen LogP contribution in [0.1, 0.15) is 26.2 Å². The van der Waals surface area contributed by atoms with Crippen molar-refractivity contribution in [1.29, 1.82) is 0 Å². The lowest BCUT2D eigenvalue weighted by Gasteiger charge is -2.21. The second-order valence-corrected chi connectivity index (χ2v) is 3.55. The smallest absolute Gasteiger partial charge is 0.132 e. The van der Waals surface area contributed by atoms with Crippen LogP contribution < -0.4 is 0 Å². The molecule has 0 bridgehead atoms. The van der Waals surface area contributed by atoms with Gasteiger partial charge >= 0.3 is 0 Å². The van der Waals surface area contributed by atoms with Crippen LogP contribution in [-0.2, 0) is 4.84 Å². The molecule has 0 radical (unpaired) electrons. The van der Waals surface area contributed by atoms with E-state index in [1.165, 1.54) is 6.42 Å². The Labute approximate surface area is 85.5 Å². The minimum atomic E-state index is 0.231. The number of aliphatic hydroxyl groups is 1. The molecule has 0 amide bonds. The van der Waals surface area contributed by atoms with E-state index < -0.39 is 0 Å². The van der Waals surface area contributed by atoms with Gasteiger partial charge in [-0.05, 0) is 25.8 Å². The van der Waals surface area contributed by atoms with E-state index in [1.54, 1.807) is 6.21 Å². The molecule has 1 fully saturated rings. The molecule has 1 saturated heterocycles. The van der Waals surface area contributed by atoms with Gasteiger partial charge in [0, 0.05) is 18.8 Å². The van der Waals surface area contributed by atoms with Gasteiger partial charge in [0.15, 0.2) is 0 Å². The Morgan fingerprint density at radius 2 is 2.50 bits per heavy atom. The van der Waals surface area contributed by atoms with Crippen molar-refractivity contribution in [3.63, 3.8) is 0 Å². The van der Waals surface area contributed by atoms with Crippen molar-refractivity contribution < 1.29 is 9.94 Å². The van der Waals surface area contributed by atoms with Crippen LogP contribution in [-0.4, -0.2) is 48.6 Å². The zero-order valence-corrected chi connectivity index (χ0v) is 8.85. The van der Waals surface area contributed by atoms with Gasteiger partial charge in [0.1, 0.15) is 6.61 Å². The molecule has 0 unspecified atom stereocenters. The lowest BCUT2D eigenvalue weighted by molar-refractivity contribution is 0.0750. The molecule has 0 aromatic rings. The molecule has 1 N–H and O–H groups in total. The van der Waals surface area contributed by atoms with E-state index in [1.807, 2.05) is 6.92 Å². The minimum Gasteiger partial charge on any atom is -0.395 e. The van der Waals surface area contributed by atoms with Gasteiger partial charge in [-0.1, -0.05) is 12.1 Å². The van der Waals surface area contributed by atoms with E-state index >= 15 is 0 Å². The highest BCUT2D eigenvalue weighted by Gasteiger charge is 2.24. The summed E-state index contributed by atoms with van der Waals surface area (Å²) < 4.78 is 0. The van der Waals surface area contributed by atoms with Crippen molar-refractivity contribution >= 4 is 6.21 Å². The SMILES string of the molecule is CC/C=N/OC[C@@H]1CCCN1CCO. The van der Waals surface area contributed by atoms with Crippen molar-refractivity contribution in [2.75, 3.05) is 26.3 Å². The molecular weight excluding hydrogens is 180 g/mol. The predicted octanol–water partition coefficient (Wildman–Crippen LogP) is 0.855. The fourth-order valence-corrected chi connectivity index (χ4v) is 1.76. The summed E-state index contributed by atoms with van der Waals surface area (Å²) in [5, 5.41) is 12.7. The lowest BCUT2D eigenvalue weighted by atomic mass is 10.2. The maximum Gasteiger partial charge on any atom is 0.132 e. The highest BCUT2D eigenvalue weighted by atomic mass is 16.6. The molecule has 0 aromatic carbocycles. The zero-order valence-electron chi connectivity index (χ0n) is 8.85. The van der Waals surface area contributed by atoms with Crippen LogP contribution >= 0.6 is 0 Å². The average Bonchev–Trinajstić information content (AvgIpc) is 2.61. The first-order valence-electron chi connectivity index (χ1n) is 5.37. The highest BCUT2D eigenvalue weighted by molar-refractivity contribution is 5.55. The van der Waals surface area contributed by atoms with E-state index in [2.05, 4.69) is 10.1 Å². The summed E-state index contributed by atoms with van der Waals surface area (Å²) in [6.45, 7) is 4.74. The fourth-order valence-electron chi connectivity index (χ4n) is 1.76. The van der Waals surface area contributed by atoms with E-state index in [9.17, 15) is 0 Å². The Balaban J connectivity index is 2.18. The van der Waals surface area contributed by atoms with Gasteiger partial charge in [0.2, 0.25) is 0 Å². The minimum absolute atomic E-state index is 0.231. The van der Waals surface area contributed by atoms with Crippen LogP contribution in [0.5, 0.6) is 0 Å². The second kappa shape index (κ2) is 6.79. The molecule has 1 heterocycles. The highest BCUT2D eigenvalue weighted by Crippen LogP contribution is 2.16. The first kappa shape index (κ1) is 11.5. The number of hydrogen-bond acceptors (Lipinski definition) is 4. The molecule has 1 rings (SSSR count). The topological polar surface area (TPSA) is 45.1 Å². The number of likely N-dealkylation sites (tertiary alicyclic amines) is 1. The molecule has 4 nitrogen and oxygen atoms in total. The third kappa shape index (κ3) is 3.64. The Morgan fingerprint density at radius 3 is 3.21 bits per heavy atom. The Hall–Kier alpha value is -0.610. The molecule has 82 valence electrons. The van der Waals surface area contributed by atoms with Crippen molar-refractivity contribution in [2.24, 2.45) is 5.16 Å². The van der Waals surface area contributed by atoms with Crippen LogP contribution in [0, 0.1) is 0 Å². The monoisotopic (exact) mass is 200 g/mol. The number of β-amino-alcohol motifs (C(OH)–C–C–N with tert-alkyl or cyclic N) is 1. The van der Waals surface area contributed by atoms with Gasteiger partial charge in [-0.15, -0.1) is 0 Å². The van der Waals surface area contributed by atoms with Gasteiger partial charge in [-0.25, -0.2) is 0 Å². The molecule has 0 spiro atoms. The predicted molar refractivity (Wildman–Crippen MR) is 56.4 cm³/mol. The standard InChI is InChI=1S/C10H20N2O2/c1-2-5-11-14-9-10-4-3-6-12(10)7-8-13/h5,10,13H,2-4,6-9H2,1H3/b11-5+/t10-/m0/s1. The van der Waals surface area contributed by atoms with Crippen LogP contribution in [0.25, 0.3) is 0 Å². The van der Waals surface area contributed by atoms with E-state index in [0.717, 1.165) is 25.9 Å². The third-order valence-electron chi connectivity index (χ3n) is 2.48. The molecular formula is C10H20N2O2. The van der Waals surface area contributed by atoms with Crippen LogP contribution in [0.15, 0.2) is 5.16 Å². The fraction of sp³-hybridized carbons (Fsp3) is 0.900. The van der Waals surface area contributed by atoms with Gasteiger partial charge in [-0.2, -0.15) is 0 Å². The third-order valence-corrected chi connectivity index (χ3v) is 2.48.